The Balaban J connectivity index is 0.00000338. The number of nitrogens with one attached hydrogen (secondary N) is 1. The molecule has 1 aromatic carbocycles. The van der Waals surface area contributed by atoms with Crippen molar-refractivity contribution in [1.29, 1.82) is 0 Å². The molecule has 26 heavy (non-hydrogen) atoms. The van der Waals surface area contributed by atoms with Crippen LogP contribution in [0.2, 0.25) is 0 Å². The molecule has 5 nitrogen and oxygen atoms in total. The highest BCUT2D eigenvalue weighted by Gasteiger charge is 2.18. The Morgan fingerprint density at radius 2 is 2.00 bits per heavy atom. The van der Waals surface area contributed by atoms with Crippen LogP contribution >= 0.6 is 24.0 Å². The van der Waals surface area contributed by atoms with Crippen molar-refractivity contribution < 1.29 is 4.79 Å². The van der Waals surface area contributed by atoms with E-state index in [4.69, 9.17) is 4.99 Å². The standard InChI is InChI=1S/C20H32N4O.HI/c1-5-21-20(24-13-10-16(2)11-14-24)22-12-9-17-7-6-8-18(15-17)19(25)23(3)4;/h6-8,15-16H,5,9-14H2,1-4H3,(H,21,22);1H. The molecule has 1 heterocycles. The molecule has 1 saturated heterocycles. The maximum Gasteiger partial charge on any atom is 0.253 e. The van der Waals surface area contributed by atoms with Crippen molar-refractivity contribution in [3.63, 3.8) is 0 Å². The summed E-state index contributed by atoms with van der Waals surface area (Å²) < 4.78 is 0. The summed E-state index contributed by atoms with van der Waals surface area (Å²) in [5.41, 5.74) is 1.89. The fraction of sp³-hybridized carbons (Fsp3) is 0.600. The fourth-order valence-corrected chi connectivity index (χ4v) is 3.06. The molecular weight excluding hydrogens is 439 g/mol. The van der Waals surface area contributed by atoms with Crippen LogP contribution in [0.3, 0.4) is 0 Å². The summed E-state index contributed by atoms with van der Waals surface area (Å²) in [5.74, 6) is 1.88. The van der Waals surface area contributed by atoms with E-state index in [2.05, 4.69) is 30.1 Å². The quantitative estimate of drug-likeness (QED) is 0.407. The van der Waals surface area contributed by atoms with E-state index >= 15 is 0 Å². The summed E-state index contributed by atoms with van der Waals surface area (Å²) in [6.07, 6.45) is 3.31. The number of halogens is 1. The second-order valence-electron chi connectivity index (χ2n) is 7.06. The van der Waals surface area contributed by atoms with Crippen molar-refractivity contribution in [2.24, 2.45) is 10.9 Å². The lowest BCUT2D eigenvalue weighted by molar-refractivity contribution is 0.0827. The fourth-order valence-electron chi connectivity index (χ4n) is 3.06. The summed E-state index contributed by atoms with van der Waals surface area (Å²) >= 11 is 0. The van der Waals surface area contributed by atoms with Crippen LogP contribution in [0.5, 0.6) is 0 Å². The molecule has 0 saturated carbocycles. The lowest BCUT2D eigenvalue weighted by Crippen LogP contribution is -2.45. The molecule has 0 unspecified atom stereocenters. The highest BCUT2D eigenvalue weighted by atomic mass is 127. The predicted molar refractivity (Wildman–Crippen MR) is 120 cm³/mol. The summed E-state index contributed by atoms with van der Waals surface area (Å²) in [5, 5.41) is 3.41. The molecule has 0 spiro atoms. The largest absolute Gasteiger partial charge is 0.357 e. The molecular formula is C20H33IN4O. The number of hydrogen-bond donors (Lipinski definition) is 1. The first-order valence-electron chi connectivity index (χ1n) is 9.35. The monoisotopic (exact) mass is 472 g/mol. The van der Waals surface area contributed by atoms with Crippen LogP contribution in [0, 0.1) is 5.92 Å². The van der Waals surface area contributed by atoms with E-state index in [1.54, 1.807) is 19.0 Å². The van der Waals surface area contributed by atoms with Gasteiger partial charge in [-0.1, -0.05) is 19.1 Å². The Kier molecular flexibility index (Phi) is 9.98. The van der Waals surface area contributed by atoms with Gasteiger partial charge in [0.2, 0.25) is 0 Å². The van der Waals surface area contributed by atoms with E-state index in [-0.39, 0.29) is 29.9 Å². The number of benzene rings is 1. The lowest BCUT2D eigenvalue weighted by Gasteiger charge is -2.33. The number of guanidine groups is 1. The zero-order valence-corrected chi connectivity index (χ0v) is 18.8. The molecule has 0 aliphatic carbocycles. The minimum Gasteiger partial charge on any atom is -0.357 e. The number of nitrogens with zero attached hydrogens (tertiary/aromatic N) is 3. The maximum atomic E-state index is 12.1. The van der Waals surface area contributed by atoms with Gasteiger partial charge in [0.15, 0.2) is 5.96 Å². The Morgan fingerprint density at radius 1 is 1.31 bits per heavy atom. The van der Waals surface area contributed by atoms with Crippen molar-refractivity contribution in [3.8, 4) is 0 Å². The first-order valence-corrected chi connectivity index (χ1v) is 9.35. The zero-order chi connectivity index (χ0) is 18.2. The number of carbonyl (C=O) groups excluding carboxylic acids is 1. The number of hydrogen-bond acceptors (Lipinski definition) is 2. The Bertz CT molecular complexity index is 595. The second kappa shape index (κ2) is 11.4. The molecule has 0 atom stereocenters. The van der Waals surface area contributed by atoms with Crippen molar-refractivity contribution >= 4 is 35.8 Å². The summed E-state index contributed by atoms with van der Waals surface area (Å²) in [6.45, 7) is 8.22. The smallest absolute Gasteiger partial charge is 0.253 e. The van der Waals surface area contributed by atoms with Crippen molar-refractivity contribution in [3.05, 3.63) is 35.4 Å². The van der Waals surface area contributed by atoms with Gasteiger partial charge in [-0.2, -0.15) is 0 Å². The van der Waals surface area contributed by atoms with E-state index in [1.807, 2.05) is 18.2 Å². The van der Waals surface area contributed by atoms with Crippen LogP contribution in [-0.4, -0.2) is 61.9 Å². The SMILES string of the molecule is CCNC(=NCCc1cccc(C(=O)N(C)C)c1)N1CCC(C)CC1.I. The van der Waals surface area contributed by atoms with Crippen LogP contribution in [0.25, 0.3) is 0 Å². The van der Waals surface area contributed by atoms with Gasteiger partial charge in [-0.05, 0) is 49.8 Å². The van der Waals surface area contributed by atoms with Gasteiger partial charge < -0.3 is 15.1 Å². The first-order chi connectivity index (χ1) is 12.0. The van der Waals surface area contributed by atoms with E-state index in [1.165, 1.54) is 12.8 Å². The molecule has 0 aromatic heterocycles. The average Bonchev–Trinajstić information content (AvgIpc) is 2.61. The van der Waals surface area contributed by atoms with Crippen LogP contribution < -0.4 is 5.32 Å². The lowest BCUT2D eigenvalue weighted by atomic mass is 10.00. The van der Waals surface area contributed by atoms with E-state index in [9.17, 15) is 4.79 Å². The molecule has 1 aromatic rings. The van der Waals surface area contributed by atoms with Gasteiger partial charge in [-0.15, -0.1) is 24.0 Å². The average molecular weight is 472 g/mol. The number of aliphatic imine (C=N–C) groups is 1. The highest BCUT2D eigenvalue weighted by molar-refractivity contribution is 14.0. The molecule has 1 aliphatic rings. The Hall–Kier alpha value is -1.31. The minimum atomic E-state index is 0. The van der Waals surface area contributed by atoms with Crippen molar-refractivity contribution in [1.82, 2.24) is 15.1 Å². The van der Waals surface area contributed by atoms with Gasteiger partial charge in [-0.25, -0.2) is 0 Å². The third kappa shape index (κ3) is 6.78. The van der Waals surface area contributed by atoms with Gasteiger partial charge in [0.1, 0.15) is 0 Å². The first kappa shape index (κ1) is 22.7. The van der Waals surface area contributed by atoms with Gasteiger partial charge in [0, 0.05) is 45.8 Å². The highest BCUT2D eigenvalue weighted by Crippen LogP contribution is 2.16. The van der Waals surface area contributed by atoms with Gasteiger partial charge in [0.05, 0.1) is 0 Å². The molecule has 1 amide bonds. The number of piperidine rings is 1. The van der Waals surface area contributed by atoms with Crippen LogP contribution in [-0.2, 0) is 6.42 Å². The predicted octanol–water partition coefficient (Wildman–Crippen LogP) is 3.25. The Morgan fingerprint density at radius 3 is 2.62 bits per heavy atom. The topological polar surface area (TPSA) is 47.9 Å². The van der Waals surface area contributed by atoms with E-state index in [0.717, 1.165) is 55.6 Å². The number of rotatable bonds is 5. The molecule has 0 radical (unpaired) electrons. The van der Waals surface area contributed by atoms with Crippen LogP contribution in [0.1, 0.15) is 42.6 Å². The number of carbonyl (C=O) groups is 1. The Labute approximate surface area is 175 Å². The van der Waals surface area contributed by atoms with Gasteiger partial charge in [0.25, 0.3) is 5.91 Å². The molecule has 2 rings (SSSR count). The minimum absolute atomic E-state index is 0. The molecule has 1 N–H and O–H groups in total. The van der Waals surface area contributed by atoms with E-state index < -0.39 is 0 Å². The molecule has 0 bridgehead atoms. The summed E-state index contributed by atoms with van der Waals surface area (Å²) in [7, 11) is 3.56. The molecule has 6 heteroatoms. The molecule has 1 aliphatic heterocycles. The van der Waals surface area contributed by atoms with Crippen LogP contribution in [0.4, 0.5) is 0 Å². The van der Waals surface area contributed by atoms with Gasteiger partial charge >= 0.3 is 0 Å². The zero-order valence-electron chi connectivity index (χ0n) is 16.5. The molecule has 146 valence electrons. The third-order valence-electron chi connectivity index (χ3n) is 4.66. The molecule has 1 fully saturated rings. The summed E-state index contributed by atoms with van der Waals surface area (Å²) in [4.78, 5) is 20.9. The number of amides is 1. The third-order valence-corrected chi connectivity index (χ3v) is 4.66. The number of likely N-dealkylation sites (tertiary alicyclic amines) is 1. The van der Waals surface area contributed by atoms with Crippen molar-refractivity contribution in [2.45, 2.75) is 33.1 Å². The van der Waals surface area contributed by atoms with Crippen molar-refractivity contribution in [2.75, 3.05) is 40.3 Å². The second-order valence-corrected chi connectivity index (χ2v) is 7.06. The van der Waals surface area contributed by atoms with E-state index in [0.29, 0.717) is 0 Å². The van der Waals surface area contributed by atoms with Crippen LogP contribution in [0.15, 0.2) is 29.3 Å². The van der Waals surface area contributed by atoms with Gasteiger partial charge in [-0.3, -0.25) is 9.79 Å². The summed E-state index contributed by atoms with van der Waals surface area (Å²) in [6, 6.07) is 7.87. The normalized spacial score (nSPS) is 15.4. The maximum absolute atomic E-state index is 12.1.